The maximum absolute atomic E-state index is 13.6. The molecule has 0 saturated heterocycles. The van der Waals surface area contributed by atoms with Gasteiger partial charge in [0.1, 0.15) is 6.67 Å². The van der Waals surface area contributed by atoms with Gasteiger partial charge in [-0.1, -0.05) is 36.4 Å². The molecule has 1 aliphatic carbocycles. The number of benzene rings is 1. The molecule has 0 amide bonds. The topological polar surface area (TPSA) is 70.4 Å². The van der Waals surface area contributed by atoms with Crippen molar-refractivity contribution in [2.45, 2.75) is 31.8 Å². The molecule has 6 nitrogen and oxygen atoms in total. The molecule has 2 aromatic rings. The largest absolute Gasteiger partial charge is 0.465 e. The number of esters is 1. The SMILES string of the molecule is C=C(/C=C\C(=C/CF)C(=O)OC)c1nn(C(=O)c2c(Cl)cccc2C2CC2)c2c1CCOC2. The molecule has 1 aliphatic heterocycles. The van der Waals surface area contributed by atoms with E-state index in [2.05, 4.69) is 16.4 Å². The third-order valence-electron chi connectivity index (χ3n) is 5.78. The van der Waals surface area contributed by atoms with Crippen LogP contribution in [0.15, 0.2) is 48.6 Å². The summed E-state index contributed by atoms with van der Waals surface area (Å²) in [6, 6.07) is 5.51. The number of carbonyl (C=O) groups excluding carboxylic acids is 2. The Balaban J connectivity index is 1.72. The van der Waals surface area contributed by atoms with Crippen molar-refractivity contribution in [2.75, 3.05) is 20.4 Å². The van der Waals surface area contributed by atoms with E-state index in [4.69, 9.17) is 16.3 Å². The summed E-state index contributed by atoms with van der Waals surface area (Å²) in [6.45, 7) is 3.98. The number of hydrogen-bond donors (Lipinski definition) is 0. The van der Waals surface area contributed by atoms with Gasteiger partial charge in [-0.15, -0.1) is 0 Å². The van der Waals surface area contributed by atoms with Gasteiger partial charge in [0.25, 0.3) is 5.91 Å². The van der Waals surface area contributed by atoms with Gasteiger partial charge in [-0.3, -0.25) is 4.79 Å². The van der Waals surface area contributed by atoms with Crippen molar-refractivity contribution in [1.29, 1.82) is 0 Å². The molecule has 1 fully saturated rings. The highest BCUT2D eigenvalue weighted by molar-refractivity contribution is 6.34. The maximum Gasteiger partial charge on any atom is 0.337 e. The Morgan fingerprint density at radius 3 is 2.85 bits per heavy atom. The van der Waals surface area contributed by atoms with E-state index >= 15 is 0 Å². The van der Waals surface area contributed by atoms with Crippen LogP contribution < -0.4 is 0 Å². The van der Waals surface area contributed by atoms with Crippen molar-refractivity contribution >= 4 is 29.1 Å². The number of allylic oxidation sites excluding steroid dienone is 3. The molecule has 172 valence electrons. The smallest absolute Gasteiger partial charge is 0.337 e. The lowest BCUT2D eigenvalue weighted by Crippen LogP contribution is -2.21. The number of aromatic nitrogens is 2. The van der Waals surface area contributed by atoms with Gasteiger partial charge in [0.15, 0.2) is 0 Å². The van der Waals surface area contributed by atoms with Crippen LogP contribution in [0.5, 0.6) is 0 Å². The average molecular weight is 471 g/mol. The number of nitrogens with zero attached hydrogens (tertiary/aromatic N) is 2. The number of carbonyl (C=O) groups is 2. The normalized spacial score (nSPS) is 16.0. The van der Waals surface area contributed by atoms with E-state index in [1.54, 1.807) is 12.1 Å². The van der Waals surface area contributed by atoms with Gasteiger partial charge in [-0.25, -0.2) is 9.18 Å². The predicted octanol–water partition coefficient (Wildman–Crippen LogP) is 4.81. The third-order valence-corrected chi connectivity index (χ3v) is 6.10. The minimum absolute atomic E-state index is 0.0685. The molecule has 0 atom stereocenters. The van der Waals surface area contributed by atoms with E-state index in [-0.39, 0.29) is 18.1 Å². The zero-order chi connectivity index (χ0) is 23.5. The van der Waals surface area contributed by atoms with Gasteiger partial charge in [0.05, 0.1) is 47.9 Å². The fourth-order valence-electron chi connectivity index (χ4n) is 3.96. The Labute approximate surface area is 196 Å². The Morgan fingerprint density at radius 2 is 2.15 bits per heavy atom. The molecule has 0 spiro atoms. The van der Waals surface area contributed by atoms with Gasteiger partial charge in [0.2, 0.25) is 0 Å². The van der Waals surface area contributed by atoms with E-state index in [1.165, 1.54) is 17.9 Å². The van der Waals surface area contributed by atoms with Crippen molar-refractivity contribution in [3.8, 4) is 0 Å². The first-order chi connectivity index (χ1) is 16.0. The summed E-state index contributed by atoms with van der Waals surface area (Å²) in [7, 11) is 1.23. The summed E-state index contributed by atoms with van der Waals surface area (Å²) in [5.41, 5.74) is 4.00. The molecule has 0 radical (unpaired) electrons. The van der Waals surface area contributed by atoms with Crippen LogP contribution in [0.3, 0.4) is 0 Å². The Bertz CT molecular complexity index is 1180. The lowest BCUT2D eigenvalue weighted by atomic mass is 10.0. The fourth-order valence-corrected chi connectivity index (χ4v) is 4.22. The standard InChI is InChI=1S/C25H24ClFN2O4/c1-15(6-7-17(10-12-27)25(31)32-2)23-19-11-13-33-14-21(19)29(28-23)24(30)22-18(16-8-9-16)4-3-5-20(22)26/h3-7,10,16H,1,8-9,11-14H2,2H3/b7-6-,17-10+. The molecule has 0 unspecified atom stereocenters. The number of halogens is 2. The van der Waals surface area contributed by atoms with Crippen LogP contribution in [0.25, 0.3) is 5.57 Å². The van der Waals surface area contributed by atoms with Crippen LogP contribution in [0.4, 0.5) is 4.39 Å². The van der Waals surface area contributed by atoms with Crippen LogP contribution >= 0.6 is 11.6 Å². The molecule has 1 saturated carbocycles. The van der Waals surface area contributed by atoms with Crippen LogP contribution in [-0.2, 0) is 27.3 Å². The first kappa shape index (κ1) is 23.1. The van der Waals surface area contributed by atoms with E-state index < -0.39 is 12.6 Å². The van der Waals surface area contributed by atoms with Gasteiger partial charge >= 0.3 is 5.97 Å². The lowest BCUT2D eigenvalue weighted by molar-refractivity contribution is -0.135. The number of alkyl halides is 1. The molecule has 4 rings (SSSR count). The minimum atomic E-state index is -0.807. The van der Waals surface area contributed by atoms with Gasteiger partial charge in [-0.05, 0) is 54.5 Å². The lowest BCUT2D eigenvalue weighted by Gasteiger charge is -2.16. The fraction of sp³-hybridized carbons (Fsp3) is 0.320. The second-order valence-electron chi connectivity index (χ2n) is 7.94. The van der Waals surface area contributed by atoms with Crippen molar-refractivity contribution in [1.82, 2.24) is 9.78 Å². The monoisotopic (exact) mass is 470 g/mol. The van der Waals surface area contributed by atoms with Crippen molar-refractivity contribution in [3.63, 3.8) is 0 Å². The molecule has 2 heterocycles. The van der Waals surface area contributed by atoms with Gasteiger partial charge in [0, 0.05) is 5.56 Å². The van der Waals surface area contributed by atoms with Crippen molar-refractivity contribution < 1.29 is 23.5 Å². The van der Waals surface area contributed by atoms with Crippen LogP contribution in [0.2, 0.25) is 5.02 Å². The zero-order valence-electron chi connectivity index (χ0n) is 18.3. The Hall–Kier alpha value is -3.03. The molecule has 33 heavy (non-hydrogen) atoms. The molecular weight excluding hydrogens is 447 g/mol. The number of ether oxygens (including phenoxy) is 2. The summed E-state index contributed by atoms with van der Waals surface area (Å²) in [6.07, 6.45) is 6.74. The first-order valence-corrected chi connectivity index (χ1v) is 11.1. The van der Waals surface area contributed by atoms with E-state index in [1.807, 2.05) is 12.1 Å². The zero-order valence-corrected chi connectivity index (χ0v) is 19.0. The molecule has 0 bridgehead atoms. The summed E-state index contributed by atoms with van der Waals surface area (Å²) in [5.74, 6) is -0.624. The van der Waals surface area contributed by atoms with Gasteiger partial charge < -0.3 is 9.47 Å². The number of methoxy groups -OCH3 is 1. The molecule has 0 N–H and O–H groups in total. The first-order valence-electron chi connectivity index (χ1n) is 10.7. The highest BCUT2D eigenvalue weighted by atomic mass is 35.5. The minimum Gasteiger partial charge on any atom is -0.465 e. The molecule has 1 aromatic carbocycles. The summed E-state index contributed by atoms with van der Waals surface area (Å²) in [4.78, 5) is 25.4. The molecule has 2 aliphatic rings. The van der Waals surface area contributed by atoms with Crippen molar-refractivity contribution in [3.05, 3.63) is 81.7 Å². The highest BCUT2D eigenvalue weighted by Crippen LogP contribution is 2.43. The number of hydrogen-bond acceptors (Lipinski definition) is 5. The summed E-state index contributed by atoms with van der Waals surface area (Å²) in [5, 5.41) is 4.98. The van der Waals surface area contributed by atoms with Crippen LogP contribution in [0.1, 0.15) is 51.6 Å². The van der Waals surface area contributed by atoms with E-state index in [9.17, 15) is 14.0 Å². The quantitative estimate of drug-likeness (QED) is 0.330. The number of rotatable bonds is 7. The van der Waals surface area contributed by atoms with Crippen LogP contribution in [0, 0.1) is 0 Å². The molecule has 1 aromatic heterocycles. The van der Waals surface area contributed by atoms with E-state index in [0.717, 1.165) is 30.0 Å². The Kier molecular flexibility index (Phi) is 6.91. The summed E-state index contributed by atoms with van der Waals surface area (Å²) < 4.78 is 24.4. The highest BCUT2D eigenvalue weighted by Gasteiger charge is 2.32. The molecular formula is C25H24ClFN2O4. The predicted molar refractivity (Wildman–Crippen MR) is 123 cm³/mol. The molecule has 8 heteroatoms. The Morgan fingerprint density at radius 1 is 1.36 bits per heavy atom. The second-order valence-corrected chi connectivity index (χ2v) is 8.34. The average Bonchev–Trinajstić information content (AvgIpc) is 3.60. The third kappa shape index (κ3) is 4.70. The summed E-state index contributed by atoms with van der Waals surface area (Å²) >= 11 is 6.45. The van der Waals surface area contributed by atoms with Crippen molar-refractivity contribution in [2.24, 2.45) is 0 Å². The van der Waals surface area contributed by atoms with E-state index in [0.29, 0.717) is 46.5 Å². The van der Waals surface area contributed by atoms with Crippen LogP contribution in [-0.4, -0.2) is 42.0 Å². The van der Waals surface area contributed by atoms with Gasteiger partial charge in [-0.2, -0.15) is 9.78 Å². The number of fused-ring (bicyclic) bond motifs is 1. The maximum atomic E-state index is 13.6. The second kappa shape index (κ2) is 9.85.